The lowest BCUT2D eigenvalue weighted by Gasteiger charge is -2.11. The van der Waals surface area contributed by atoms with Crippen LogP contribution in [0.4, 0.5) is 0 Å². The Hall–Kier alpha value is -1.12. The number of nitrogens with zero attached hydrogens (tertiary/aromatic N) is 1. The lowest BCUT2D eigenvalue weighted by atomic mass is 10.2. The molecule has 6 heteroatoms. The van der Waals surface area contributed by atoms with Crippen LogP contribution in [0.5, 0.6) is 0 Å². The fourth-order valence-corrected chi connectivity index (χ4v) is 2.85. The van der Waals surface area contributed by atoms with Crippen LogP contribution in [-0.4, -0.2) is 25.7 Å². The number of unbranched alkanes of at least 4 members (excludes halogenated alkanes) is 1. The third-order valence-electron chi connectivity index (χ3n) is 3.46. The van der Waals surface area contributed by atoms with Crippen LogP contribution in [0.3, 0.4) is 0 Å². The van der Waals surface area contributed by atoms with E-state index < -0.39 is 0 Å². The van der Waals surface area contributed by atoms with Crippen molar-refractivity contribution < 1.29 is 4.74 Å². The van der Waals surface area contributed by atoms with E-state index in [2.05, 4.69) is 51.5 Å². The number of ether oxygens (including phenoxy) is 1. The first-order chi connectivity index (χ1) is 11.9. The summed E-state index contributed by atoms with van der Waals surface area (Å²) in [5, 5.41) is 10.9. The van der Waals surface area contributed by atoms with E-state index in [-0.39, 0.29) is 24.0 Å². The lowest BCUT2D eigenvalue weighted by Crippen LogP contribution is -2.37. The Kier molecular flexibility index (Phi) is 12.4. The van der Waals surface area contributed by atoms with Gasteiger partial charge in [0.25, 0.3) is 0 Å². The number of hydrogen-bond acceptors (Lipinski definition) is 3. The summed E-state index contributed by atoms with van der Waals surface area (Å²) in [6.45, 7) is 6.07. The fourth-order valence-electron chi connectivity index (χ4n) is 2.19. The summed E-state index contributed by atoms with van der Waals surface area (Å²) in [5.41, 5.74) is 2.48. The van der Waals surface area contributed by atoms with Crippen molar-refractivity contribution in [3.63, 3.8) is 0 Å². The Labute approximate surface area is 172 Å². The van der Waals surface area contributed by atoms with Crippen LogP contribution in [0, 0.1) is 0 Å². The van der Waals surface area contributed by atoms with Crippen molar-refractivity contribution in [2.24, 2.45) is 4.99 Å². The number of rotatable bonds is 10. The molecule has 0 unspecified atom stereocenters. The molecule has 0 radical (unpaired) electrons. The van der Waals surface area contributed by atoms with Crippen molar-refractivity contribution >= 4 is 41.3 Å². The molecule has 0 aliphatic rings. The predicted octanol–water partition coefficient (Wildman–Crippen LogP) is 4.42. The fraction of sp³-hybridized carbons (Fsp3) is 0.421. The van der Waals surface area contributed by atoms with Gasteiger partial charge < -0.3 is 15.4 Å². The zero-order valence-corrected chi connectivity index (χ0v) is 17.9. The first-order valence-corrected chi connectivity index (χ1v) is 9.47. The van der Waals surface area contributed by atoms with Crippen LogP contribution in [0.25, 0.3) is 0 Å². The maximum Gasteiger partial charge on any atom is 0.191 e. The van der Waals surface area contributed by atoms with Crippen LogP contribution >= 0.6 is 35.3 Å². The van der Waals surface area contributed by atoms with Crippen molar-refractivity contribution in [3.05, 3.63) is 58.3 Å². The number of thiophene rings is 1. The van der Waals surface area contributed by atoms with Gasteiger partial charge in [-0.2, -0.15) is 11.3 Å². The highest BCUT2D eigenvalue weighted by molar-refractivity contribution is 14.0. The molecular formula is C19H28IN3OS. The highest BCUT2D eigenvalue weighted by atomic mass is 127. The number of guanidine groups is 1. The van der Waals surface area contributed by atoms with E-state index in [0.717, 1.165) is 45.0 Å². The molecule has 0 saturated heterocycles. The van der Waals surface area contributed by atoms with Gasteiger partial charge in [-0.1, -0.05) is 30.3 Å². The topological polar surface area (TPSA) is 45.7 Å². The first-order valence-electron chi connectivity index (χ1n) is 8.53. The maximum atomic E-state index is 5.70. The number of halogens is 1. The van der Waals surface area contributed by atoms with Crippen LogP contribution in [-0.2, 0) is 17.9 Å². The maximum absolute atomic E-state index is 5.70. The van der Waals surface area contributed by atoms with Gasteiger partial charge in [-0.3, -0.25) is 0 Å². The van der Waals surface area contributed by atoms with Crippen LogP contribution in [0.15, 0.2) is 52.2 Å². The molecule has 0 bridgehead atoms. The third-order valence-corrected chi connectivity index (χ3v) is 4.20. The SMILES string of the molecule is CCNC(=NCc1ccsc1)NCCCCOCc1ccccc1.I. The molecular weight excluding hydrogens is 445 g/mol. The second-order valence-corrected chi connectivity index (χ2v) is 6.28. The zero-order chi connectivity index (χ0) is 16.9. The third kappa shape index (κ3) is 9.81. The molecule has 0 aliphatic carbocycles. The average Bonchev–Trinajstić information content (AvgIpc) is 3.13. The standard InChI is InChI=1S/C19H27N3OS.HI/c1-2-20-19(22-14-18-10-13-24-16-18)21-11-6-7-12-23-15-17-8-4-3-5-9-17;/h3-5,8-10,13,16H,2,6-7,11-12,14-15H2,1H3,(H2,20,21,22);1H. The molecule has 2 N–H and O–H groups in total. The van der Waals surface area contributed by atoms with Crippen molar-refractivity contribution in [1.29, 1.82) is 0 Å². The quantitative estimate of drug-likeness (QED) is 0.233. The molecule has 1 aromatic carbocycles. The largest absolute Gasteiger partial charge is 0.377 e. The zero-order valence-electron chi connectivity index (χ0n) is 14.7. The monoisotopic (exact) mass is 473 g/mol. The van der Waals surface area contributed by atoms with E-state index in [1.165, 1.54) is 11.1 Å². The number of benzene rings is 1. The summed E-state index contributed by atoms with van der Waals surface area (Å²) in [5.74, 6) is 0.883. The minimum atomic E-state index is 0. The van der Waals surface area contributed by atoms with Gasteiger partial charge in [-0.15, -0.1) is 24.0 Å². The molecule has 0 fully saturated rings. The van der Waals surface area contributed by atoms with Gasteiger partial charge in [-0.25, -0.2) is 4.99 Å². The van der Waals surface area contributed by atoms with Gasteiger partial charge in [0, 0.05) is 19.7 Å². The Bertz CT molecular complexity index is 576. The van der Waals surface area contributed by atoms with E-state index in [1.54, 1.807) is 11.3 Å². The second kappa shape index (κ2) is 14.1. The molecule has 4 nitrogen and oxygen atoms in total. The summed E-state index contributed by atoms with van der Waals surface area (Å²) < 4.78 is 5.70. The molecule has 2 rings (SSSR count). The van der Waals surface area contributed by atoms with Crippen molar-refractivity contribution in [1.82, 2.24) is 10.6 Å². The lowest BCUT2D eigenvalue weighted by molar-refractivity contribution is 0.117. The molecule has 1 aromatic heterocycles. The van der Waals surface area contributed by atoms with E-state index in [9.17, 15) is 0 Å². The second-order valence-electron chi connectivity index (χ2n) is 5.50. The summed E-state index contributed by atoms with van der Waals surface area (Å²) in [6.07, 6.45) is 2.11. The number of hydrogen-bond donors (Lipinski definition) is 2. The summed E-state index contributed by atoms with van der Waals surface area (Å²) >= 11 is 1.71. The van der Waals surface area contributed by atoms with Gasteiger partial charge >= 0.3 is 0 Å². The van der Waals surface area contributed by atoms with E-state index in [1.807, 2.05) is 18.2 Å². The number of aliphatic imine (C=N–C) groups is 1. The molecule has 0 atom stereocenters. The molecule has 25 heavy (non-hydrogen) atoms. The minimum Gasteiger partial charge on any atom is -0.377 e. The minimum absolute atomic E-state index is 0. The average molecular weight is 473 g/mol. The smallest absolute Gasteiger partial charge is 0.191 e. The van der Waals surface area contributed by atoms with Crippen LogP contribution < -0.4 is 10.6 Å². The molecule has 0 saturated carbocycles. The van der Waals surface area contributed by atoms with Gasteiger partial charge in [0.05, 0.1) is 13.2 Å². The summed E-state index contributed by atoms with van der Waals surface area (Å²) in [4.78, 5) is 4.60. The van der Waals surface area contributed by atoms with Crippen molar-refractivity contribution in [2.75, 3.05) is 19.7 Å². The molecule has 2 aromatic rings. The highest BCUT2D eigenvalue weighted by Gasteiger charge is 1.98. The Morgan fingerprint density at radius 1 is 1.08 bits per heavy atom. The Balaban J connectivity index is 0.00000312. The van der Waals surface area contributed by atoms with Crippen molar-refractivity contribution in [2.45, 2.75) is 32.9 Å². The van der Waals surface area contributed by atoms with E-state index >= 15 is 0 Å². The van der Waals surface area contributed by atoms with Crippen LogP contribution in [0.2, 0.25) is 0 Å². The van der Waals surface area contributed by atoms with Gasteiger partial charge in [-0.05, 0) is 47.7 Å². The molecule has 0 amide bonds. The predicted molar refractivity (Wildman–Crippen MR) is 118 cm³/mol. The molecule has 1 heterocycles. The highest BCUT2D eigenvalue weighted by Crippen LogP contribution is 2.06. The Morgan fingerprint density at radius 3 is 2.64 bits per heavy atom. The Morgan fingerprint density at radius 2 is 1.92 bits per heavy atom. The molecule has 0 aliphatic heterocycles. The van der Waals surface area contributed by atoms with E-state index in [4.69, 9.17) is 4.74 Å². The van der Waals surface area contributed by atoms with Crippen molar-refractivity contribution in [3.8, 4) is 0 Å². The normalized spacial score (nSPS) is 11.0. The van der Waals surface area contributed by atoms with Gasteiger partial charge in [0.1, 0.15) is 0 Å². The summed E-state index contributed by atoms with van der Waals surface area (Å²) in [6, 6.07) is 12.4. The summed E-state index contributed by atoms with van der Waals surface area (Å²) in [7, 11) is 0. The molecule has 0 spiro atoms. The van der Waals surface area contributed by atoms with E-state index in [0.29, 0.717) is 6.61 Å². The van der Waals surface area contributed by atoms with Gasteiger partial charge in [0.2, 0.25) is 0 Å². The first kappa shape index (κ1) is 21.9. The molecule has 138 valence electrons. The number of nitrogens with one attached hydrogen (secondary N) is 2. The van der Waals surface area contributed by atoms with Gasteiger partial charge in [0.15, 0.2) is 5.96 Å². The van der Waals surface area contributed by atoms with Crippen LogP contribution in [0.1, 0.15) is 30.9 Å².